The Bertz CT molecular complexity index is 575. The molecule has 1 amide bonds. The van der Waals surface area contributed by atoms with Gasteiger partial charge in [0.15, 0.2) is 0 Å². The molecule has 1 unspecified atom stereocenters. The van der Waals surface area contributed by atoms with Gasteiger partial charge in [0.05, 0.1) is 17.6 Å². The van der Waals surface area contributed by atoms with Crippen molar-refractivity contribution < 1.29 is 4.79 Å². The SMILES string of the molecule is Cn1cc(C2Nc3ccccc3NC2=O)cn1. The van der Waals surface area contributed by atoms with Crippen LogP contribution in [-0.4, -0.2) is 15.7 Å². The van der Waals surface area contributed by atoms with Crippen molar-refractivity contribution in [3.63, 3.8) is 0 Å². The Kier molecular flexibility index (Phi) is 2.11. The number of anilines is 2. The number of aromatic nitrogens is 2. The number of para-hydroxylation sites is 2. The van der Waals surface area contributed by atoms with Gasteiger partial charge in [-0.05, 0) is 12.1 Å². The van der Waals surface area contributed by atoms with Crippen molar-refractivity contribution in [3.8, 4) is 0 Å². The Morgan fingerprint density at radius 2 is 2.06 bits per heavy atom. The highest BCUT2D eigenvalue weighted by atomic mass is 16.2. The second-order valence-electron chi connectivity index (χ2n) is 4.06. The number of hydrogen-bond donors (Lipinski definition) is 2. The summed E-state index contributed by atoms with van der Waals surface area (Å²) in [6, 6.07) is 7.27. The zero-order valence-electron chi connectivity index (χ0n) is 9.34. The molecule has 1 aromatic carbocycles. The molecule has 2 heterocycles. The van der Waals surface area contributed by atoms with Gasteiger partial charge in [-0.2, -0.15) is 5.10 Å². The zero-order valence-corrected chi connectivity index (χ0v) is 9.34. The lowest BCUT2D eigenvalue weighted by molar-refractivity contribution is -0.117. The highest BCUT2D eigenvalue weighted by Gasteiger charge is 2.27. The maximum absolute atomic E-state index is 12.0. The molecule has 1 aromatic heterocycles. The number of benzene rings is 1. The smallest absolute Gasteiger partial charge is 0.251 e. The molecule has 5 heteroatoms. The molecule has 2 N–H and O–H groups in total. The summed E-state index contributed by atoms with van der Waals surface area (Å²) in [5.74, 6) is -0.0586. The number of carbonyl (C=O) groups is 1. The minimum atomic E-state index is -0.376. The fourth-order valence-corrected chi connectivity index (χ4v) is 1.97. The number of rotatable bonds is 1. The molecule has 3 rings (SSSR count). The maximum Gasteiger partial charge on any atom is 0.251 e. The zero-order chi connectivity index (χ0) is 11.8. The molecule has 17 heavy (non-hydrogen) atoms. The number of carbonyl (C=O) groups excluding carboxylic acids is 1. The van der Waals surface area contributed by atoms with E-state index in [1.165, 1.54) is 0 Å². The van der Waals surface area contributed by atoms with Gasteiger partial charge in [0.1, 0.15) is 6.04 Å². The van der Waals surface area contributed by atoms with Crippen molar-refractivity contribution >= 4 is 17.3 Å². The molecule has 2 aromatic rings. The second-order valence-corrected chi connectivity index (χ2v) is 4.06. The lowest BCUT2D eigenvalue weighted by atomic mass is 10.1. The first-order valence-corrected chi connectivity index (χ1v) is 5.39. The predicted molar refractivity (Wildman–Crippen MR) is 64.6 cm³/mol. The lowest BCUT2D eigenvalue weighted by Gasteiger charge is -2.25. The molecule has 0 bridgehead atoms. The molecule has 0 spiro atoms. The highest BCUT2D eigenvalue weighted by Crippen LogP contribution is 2.31. The third kappa shape index (κ3) is 1.65. The minimum absolute atomic E-state index is 0.0586. The normalized spacial score (nSPS) is 18.2. The standard InChI is InChI=1S/C12H12N4O/c1-16-7-8(6-13-16)11-12(17)15-10-5-3-2-4-9(10)14-11/h2-7,11,14H,1H3,(H,15,17). The van der Waals surface area contributed by atoms with Gasteiger partial charge in [0, 0.05) is 18.8 Å². The number of amides is 1. The molecule has 1 aliphatic heterocycles. The second kappa shape index (κ2) is 3.62. The molecule has 0 saturated heterocycles. The monoisotopic (exact) mass is 228 g/mol. The number of hydrogen-bond acceptors (Lipinski definition) is 3. The molecule has 86 valence electrons. The van der Waals surface area contributed by atoms with Gasteiger partial charge in [-0.3, -0.25) is 9.48 Å². The fourth-order valence-electron chi connectivity index (χ4n) is 1.97. The number of nitrogens with one attached hydrogen (secondary N) is 2. The largest absolute Gasteiger partial charge is 0.368 e. The summed E-state index contributed by atoms with van der Waals surface area (Å²) >= 11 is 0. The summed E-state index contributed by atoms with van der Waals surface area (Å²) in [5.41, 5.74) is 2.61. The van der Waals surface area contributed by atoms with Gasteiger partial charge < -0.3 is 10.6 Å². The summed E-state index contributed by atoms with van der Waals surface area (Å²) in [6.45, 7) is 0. The summed E-state index contributed by atoms with van der Waals surface area (Å²) in [7, 11) is 1.83. The van der Waals surface area contributed by atoms with Gasteiger partial charge in [0.2, 0.25) is 0 Å². The van der Waals surface area contributed by atoms with Crippen LogP contribution < -0.4 is 10.6 Å². The summed E-state index contributed by atoms with van der Waals surface area (Å²) in [4.78, 5) is 12.0. The molecule has 0 radical (unpaired) electrons. The van der Waals surface area contributed by atoms with E-state index in [0.29, 0.717) is 0 Å². The van der Waals surface area contributed by atoms with E-state index in [2.05, 4.69) is 15.7 Å². The van der Waals surface area contributed by atoms with Gasteiger partial charge in [0.25, 0.3) is 5.91 Å². The highest BCUT2D eigenvalue weighted by molar-refractivity contribution is 6.03. The van der Waals surface area contributed by atoms with Crippen LogP contribution in [0.3, 0.4) is 0 Å². The Morgan fingerprint density at radius 3 is 2.76 bits per heavy atom. The van der Waals surface area contributed by atoms with E-state index in [0.717, 1.165) is 16.9 Å². The van der Waals surface area contributed by atoms with Crippen molar-refractivity contribution in [3.05, 3.63) is 42.2 Å². The van der Waals surface area contributed by atoms with Crippen LogP contribution in [0.5, 0.6) is 0 Å². The van der Waals surface area contributed by atoms with E-state index in [1.807, 2.05) is 37.5 Å². The van der Waals surface area contributed by atoms with E-state index >= 15 is 0 Å². The predicted octanol–water partition coefficient (Wildman–Crippen LogP) is 1.53. The average molecular weight is 228 g/mol. The molecule has 5 nitrogen and oxygen atoms in total. The van der Waals surface area contributed by atoms with Crippen LogP contribution in [0.1, 0.15) is 11.6 Å². The maximum atomic E-state index is 12.0. The van der Waals surface area contributed by atoms with Crippen LogP contribution >= 0.6 is 0 Å². The van der Waals surface area contributed by atoms with Gasteiger partial charge >= 0.3 is 0 Å². The first-order valence-electron chi connectivity index (χ1n) is 5.39. The molecule has 0 saturated carbocycles. The molecule has 0 aliphatic carbocycles. The first-order chi connectivity index (χ1) is 8.24. The number of aryl methyl sites for hydroxylation is 1. The topological polar surface area (TPSA) is 59.0 Å². The van der Waals surface area contributed by atoms with E-state index in [1.54, 1.807) is 10.9 Å². The van der Waals surface area contributed by atoms with Crippen molar-refractivity contribution in [1.82, 2.24) is 9.78 Å². The van der Waals surface area contributed by atoms with Crippen LogP contribution in [0.25, 0.3) is 0 Å². The van der Waals surface area contributed by atoms with Gasteiger partial charge in [-0.1, -0.05) is 12.1 Å². The van der Waals surface area contributed by atoms with Crippen LogP contribution in [0.4, 0.5) is 11.4 Å². The Labute approximate surface area is 98.4 Å². The van der Waals surface area contributed by atoms with Crippen LogP contribution in [-0.2, 0) is 11.8 Å². The van der Waals surface area contributed by atoms with E-state index in [9.17, 15) is 4.79 Å². The Hall–Kier alpha value is -2.30. The Morgan fingerprint density at radius 1 is 1.29 bits per heavy atom. The van der Waals surface area contributed by atoms with Crippen LogP contribution in [0, 0.1) is 0 Å². The number of fused-ring (bicyclic) bond motifs is 1. The quantitative estimate of drug-likeness (QED) is 0.778. The lowest BCUT2D eigenvalue weighted by Crippen LogP contribution is -2.31. The van der Waals surface area contributed by atoms with Crippen LogP contribution in [0.2, 0.25) is 0 Å². The van der Waals surface area contributed by atoms with E-state index in [-0.39, 0.29) is 11.9 Å². The number of nitrogens with zero attached hydrogens (tertiary/aromatic N) is 2. The average Bonchev–Trinajstić information content (AvgIpc) is 2.75. The third-order valence-electron chi connectivity index (χ3n) is 2.81. The Balaban J connectivity index is 1.97. The van der Waals surface area contributed by atoms with Gasteiger partial charge in [-0.15, -0.1) is 0 Å². The molecule has 0 fully saturated rings. The van der Waals surface area contributed by atoms with E-state index < -0.39 is 0 Å². The first kappa shape index (κ1) is 9.89. The van der Waals surface area contributed by atoms with E-state index in [4.69, 9.17) is 0 Å². The van der Waals surface area contributed by atoms with Gasteiger partial charge in [-0.25, -0.2) is 0 Å². The molecule has 1 aliphatic rings. The van der Waals surface area contributed by atoms with Crippen LogP contribution in [0.15, 0.2) is 36.7 Å². The summed E-state index contributed by atoms with van der Waals surface area (Å²) < 4.78 is 1.69. The van der Waals surface area contributed by atoms with Crippen molar-refractivity contribution in [2.75, 3.05) is 10.6 Å². The van der Waals surface area contributed by atoms with Crippen molar-refractivity contribution in [1.29, 1.82) is 0 Å². The third-order valence-corrected chi connectivity index (χ3v) is 2.81. The molecule has 1 atom stereocenters. The minimum Gasteiger partial charge on any atom is -0.368 e. The molecular weight excluding hydrogens is 216 g/mol. The summed E-state index contributed by atoms with van der Waals surface area (Å²) in [5, 5.41) is 10.2. The van der Waals surface area contributed by atoms with Crippen molar-refractivity contribution in [2.24, 2.45) is 7.05 Å². The molecular formula is C12H12N4O. The van der Waals surface area contributed by atoms with Crippen molar-refractivity contribution in [2.45, 2.75) is 6.04 Å². The fraction of sp³-hybridized carbons (Fsp3) is 0.167. The summed E-state index contributed by atoms with van der Waals surface area (Å²) in [6.07, 6.45) is 3.54.